The SMILES string of the molecule is Cc1cccc(-c2nn(C)c(N)c2CC(C)C)c1C. The molecule has 0 saturated carbocycles. The molecule has 0 bridgehead atoms. The molecule has 0 atom stereocenters. The molecule has 0 aliphatic heterocycles. The van der Waals surface area contributed by atoms with Crippen molar-refractivity contribution in [3.8, 4) is 11.3 Å². The lowest BCUT2D eigenvalue weighted by atomic mass is 9.95. The predicted octanol–water partition coefficient (Wildman–Crippen LogP) is 3.48. The number of nitrogens with zero attached hydrogens (tertiary/aromatic N) is 2. The molecule has 3 heteroatoms. The molecule has 1 heterocycles. The van der Waals surface area contributed by atoms with Crippen molar-refractivity contribution in [3.63, 3.8) is 0 Å². The number of benzene rings is 1. The molecule has 0 fully saturated rings. The van der Waals surface area contributed by atoms with Crippen LogP contribution in [-0.2, 0) is 13.5 Å². The summed E-state index contributed by atoms with van der Waals surface area (Å²) in [6.45, 7) is 8.70. The van der Waals surface area contributed by atoms with Gasteiger partial charge in [-0.25, -0.2) is 0 Å². The molecule has 0 aliphatic carbocycles. The molecule has 2 N–H and O–H groups in total. The molecule has 2 rings (SSSR count). The predicted molar refractivity (Wildman–Crippen MR) is 81.1 cm³/mol. The zero-order chi connectivity index (χ0) is 14.2. The lowest BCUT2D eigenvalue weighted by molar-refractivity contribution is 0.648. The Kier molecular flexibility index (Phi) is 3.65. The van der Waals surface area contributed by atoms with E-state index >= 15 is 0 Å². The molecule has 1 aromatic heterocycles. The van der Waals surface area contributed by atoms with Crippen molar-refractivity contribution in [2.24, 2.45) is 13.0 Å². The van der Waals surface area contributed by atoms with Gasteiger partial charge in [0.2, 0.25) is 0 Å². The van der Waals surface area contributed by atoms with Crippen LogP contribution in [0, 0.1) is 19.8 Å². The average molecular weight is 257 g/mol. The van der Waals surface area contributed by atoms with Gasteiger partial charge in [-0.15, -0.1) is 0 Å². The largest absolute Gasteiger partial charge is 0.384 e. The maximum absolute atomic E-state index is 6.18. The summed E-state index contributed by atoms with van der Waals surface area (Å²) >= 11 is 0. The Balaban J connectivity index is 2.62. The van der Waals surface area contributed by atoms with Crippen molar-refractivity contribution in [2.45, 2.75) is 34.1 Å². The Morgan fingerprint density at radius 3 is 2.58 bits per heavy atom. The maximum Gasteiger partial charge on any atom is 0.125 e. The summed E-state index contributed by atoms with van der Waals surface area (Å²) < 4.78 is 1.79. The normalized spacial score (nSPS) is 11.3. The first-order valence-corrected chi connectivity index (χ1v) is 6.79. The molecular formula is C16H23N3. The monoisotopic (exact) mass is 257 g/mol. The Labute approximate surface area is 115 Å². The summed E-state index contributed by atoms with van der Waals surface area (Å²) in [6, 6.07) is 6.35. The van der Waals surface area contributed by atoms with Crippen molar-refractivity contribution in [1.82, 2.24) is 9.78 Å². The topological polar surface area (TPSA) is 43.8 Å². The van der Waals surface area contributed by atoms with Crippen LogP contribution in [0.4, 0.5) is 5.82 Å². The van der Waals surface area contributed by atoms with Crippen molar-refractivity contribution in [3.05, 3.63) is 34.9 Å². The van der Waals surface area contributed by atoms with E-state index in [0.717, 1.165) is 17.9 Å². The standard InChI is InChI=1S/C16H23N3/c1-10(2)9-14-15(18-19(5)16(14)17)13-8-6-7-11(3)12(13)4/h6-8,10H,9,17H2,1-5H3. The van der Waals surface area contributed by atoms with E-state index in [0.29, 0.717) is 5.92 Å². The highest BCUT2D eigenvalue weighted by Gasteiger charge is 2.18. The van der Waals surface area contributed by atoms with Gasteiger partial charge in [0.15, 0.2) is 0 Å². The summed E-state index contributed by atoms with van der Waals surface area (Å²) in [5.74, 6) is 1.35. The van der Waals surface area contributed by atoms with Gasteiger partial charge in [0.1, 0.15) is 5.82 Å². The van der Waals surface area contributed by atoms with Crippen molar-refractivity contribution >= 4 is 5.82 Å². The third kappa shape index (κ3) is 2.50. The zero-order valence-corrected chi connectivity index (χ0v) is 12.5. The summed E-state index contributed by atoms with van der Waals surface area (Å²) in [5, 5.41) is 4.63. The van der Waals surface area contributed by atoms with E-state index in [1.165, 1.54) is 22.3 Å². The van der Waals surface area contributed by atoms with Crippen LogP contribution in [0.15, 0.2) is 18.2 Å². The Morgan fingerprint density at radius 1 is 1.26 bits per heavy atom. The fourth-order valence-electron chi connectivity index (χ4n) is 2.41. The molecule has 3 nitrogen and oxygen atoms in total. The van der Waals surface area contributed by atoms with E-state index in [-0.39, 0.29) is 0 Å². The van der Waals surface area contributed by atoms with Gasteiger partial charge in [0.25, 0.3) is 0 Å². The van der Waals surface area contributed by atoms with Gasteiger partial charge in [0, 0.05) is 18.2 Å². The summed E-state index contributed by atoms with van der Waals surface area (Å²) in [7, 11) is 1.91. The first kappa shape index (κ1) is 13.7. The van der Waals surface area contributed by atoms with Crippen LogP contribution in [0.2, 0.25) is 0 Å². The third-order valence-electron chi connectivity index (χ3n) is 3.67. The first-order valence-electron chi connectivity index (χ1n) is 6.79. The highest BCUT2D eigenvalue weighted by Crippen LogP contribution is 2.31. The number of aryl methyl sites for hydroxylation is 2. The number of rotatable bonds is 3. The van der Waals surface area contributed by atoms with Gasteiger partial charge >= 0.3 is 0 Å². The van der Waals surface area contributed by atoms with E-state index < -0.39 is 0 Å². The Morgan fingerprint density at radius 2 is 1.95 bits per heavy atom. The highest BCUT2D eigenvalue weighted by molar-refractivity contribution is 5.72. The molecule has 0 radical (unpaired) electrons. The van der Waals surface area contributed by atoms with Crippen LogP contribution >= 0.6 is 0 Å². The lowest BCUT2D eigenvalue weighted by Gasteiger charge is -2.10. The minimum atomic E-state index is 0.565. The minimum absolute atomic E-state index is 0.565. The molecule has 2 aromatic rings. The van der Waals surface area contributed by atoms with E-state index in [1.54, 1.807) is 4.68 Å². The van der Waals surface area contributed by atoms with Crippen LogP contribution in [0.3, 0.4) is 0 Å². The van der Waals surface area contributed by atoms with Gasteiger partial charge in [-0.05, 0) is 37.3 Å². The van der Waals surface area contributed by atoms with E-state index in [4.69, 9.17) is 5.73 Å². The fraction of sp³-hybridized carbons (Fsp3) is 0.438. The molecule has 102 valence electrons. The van der Waals surface area contributed by atoms with Crippen LogP contribution in [-0.4, -0.2) is 9.78 Å². The second-order valence-electron chi connectivity index (χ2n) is 5.68. The fourth-order valence-corrected chi connectivity index (χ4v) is 2.41. The number of aromatic nitrogens is 2. The number of hydrogen-bond acceptors (Lipinski definition) is 2. The first-order chi connectivity index (χ1) is 8.91. The summed E-state index contributed by atoms with van der Waals surface area (Å²) in [5.41, 5.74) is 12.2. The van der Waals surface area contributed by atoms with Gasteiger partial charge < -0.3 is 5.73 Å². The second kappa shape index (κ2) is 5.08. The third-order valence-corrected chi connectivity index (χ3v) is 3.67. The molecular weight excluding hydrogens is 234 g/mol. The molecule has 1 aromatic carbocycles. The van der Waals surface area contributed by atoms with Crippen molar-refractivity contribution in [1.29, 1.82) is 0 Å². The number of anilines is 1. The van der Waals surface area contributed by atoms with Crippen molar-refractivity contribution < 1.29 is 0 Å². The molecule has 0 unspecified atom stereocenters. The maximum atomic E-state index is 6.18. The van der Waals surface area contributed by atoms with Crippen molar-refractivity contribution in [2.75, 3.05) is 5.73 Å². The van der Waals surface area contributed by atoms with E-state index in [1.807, 2.05) is 7.05 Å². The summed E-state index contributed by atoms with van der Waals surface area (Å²) in [6.07, 6.45) is 0.961. The van der Waals surface area contributed by atoms with E-state index in [9.17, 15) is 0 Å². The highest BCUT2D eigenvalue weighted by atomic mass is 15.3. The number of nitrogen functional groups attached to an aromatic ring is 1. The van der Waals surface area contributed by atoms with Gasteiger partial charge in [-0.1, -0.05) is 32.0 Å². The quantitative estimate of drug-likeness (QED) is 0.914. The van der Waals surface area contributed by atoms with Crippen LogP contribution in [0.25, 0.3) is 11.3 Å². The van der Waals surface area contributed by atoms with E-state index in [2.05, 4.69) is 51.0 Å². The smallest absolute Gasteiger partial charge is 0.125 e. The van der Waals surface area contributed by atoms with Gasteiger partial charge in [-0.2, -0.15) is 5.10 Å². The molecule has 0 saturated heterocycles. The van der Waals surface area contributed by atoms with Gasteiger partial charge in [-0.3, -0.25) is 4.68 Å². The molecule has 0 aliphatic rings. The van der Waals surface area contributed by atoms with Crippen LogP contribution in [0.1, 0.15) is 30.5 Å². The van der Waals surface area contributed by atoms with Gasteiger partial charge in [0.05, 0.1) is 5.69 Å². The molecule has 19 heavy (non-hydrogen) atoms. The average Bonchev–Trinajstić information content (AvgIpc) is 2.60. The number of nitrogens with two attached hydrogens (primary N) is 1. The minimum Gasteiger partial charge on any atom is -0.384 e. The second-order valence-corrected chi connectivity index (χ2v) is 5.68. The Hall–Kier alpha value is -1.77. The Bertz CT molecular complexity index is 594. The number of hydrogen-bond donors (Lipinski definition) is 1. The molecule has 0 amide bonds. The van der Waals surface area contributed by atoms with Crippen LogP contribution < -0.4 is 5.73 Å². The summed E-state index contributed by atoms with van der Waals surface area (Å²) in [4.78, 5) is 0. The molecule has 0 spiro atoms. The zero-order valence-electron chi connectivity index (χ0n) is 12.5. The lowest BCUT2D eigenvalue weighted by Crippen LogP contribution is -2.02. The van der Waals surface area contributed by atoms with Crippen LogP contribution in [0.5, 0.6) is 0 Å².